The minimum absolute atomic E-state index is 0.396. The third-order valence-corrected chi connectivity index (χ3v) is 2.34. The van der Waals surface area contributed by atoms with E-state index >= 15 is 0 Å². The first-order valence-corrected chi connectivity index (χ1v) is 4.41. The summed E-state index contributed by atoms with van der Waals surface area (Å²) in [6.45, 7) is 4.19. The molecule has 1 heterocycles. The fraction of sp³-hybridized carbons (Fsp3) is 0.500. The topological polar surface area (TPSA) is 62.9 Å². The molecule has 0 radical (unpaired) electrons. The highest BCUT2D eigenvalue weighted by Gasteiger charge is 2.16. The van der Waals surface area contributed by atoms with Crippen molar-refractivity contribution in [1.82, 2.24) is 0 Å². The van der Waals surface area contributed by atoms with E-state index in [0.717, 1.165) is 17.5 Å². The summed E-state index contributed by atoms with van der Waals surface area (Å²) in [5.41, 5.74) is 7.48. The third kappa shape index (κ3) is 1.90. The van der Waals surface area contributed by atoms with E-state index in [9.17, 15) is 0 Å². The van der Waals surface area contributed by atoms with Gasteiger partial charge < -0.3 is 10.2 Å². The maximum Gasteiger partial charge on any atom is 0.122 e. The van der Waals surface area contributed by atoms with Crippen molar-refractivity contribution in [2.24, 2.45) is 5.73 Å². The van der Waals surface area contributed by atoms with Gasteiger partial charge in [0.05, 0.1) is 18.6 Å². The molecule has 0 bridgehead atoms. The largest absolute Gasteiger partial charge is 0.472 e. The van der Waals surface area contributed by atoms with Crippen LogP contribution in [-0.2, 0) is 0 Å². The Morgan fingerprint density at radius 3 is 2.69 bits per heavy atom. The first kappa shape index (κ1) is 9.82. The summed E-state index contributed by atoms with van der Waals surface area (Å²) >= 11 is 0. The summed E-state index contributed by atoms with van der Waals surface area (Å²) in [6.07, 6.45) is 4.26. The molecule has 0 fully saturated rings. The Morgan fingerprint density at radius 1 is 1.54 bits per heavy atom. The van der Waals surface area contributed by atoms with Gasteiger partial charge in [0, 0.05) is 5.56 Å². The van der Waals surface area contributed by atoms with Gasteiger partial charge in [0.2, 0.25) is 0 Å². The van der Waals surface area contributed by atoms with E-state index in [0.29, 0.717) is 5.92 Å². The van der Waals surface area contributed by atoms with Crippen LogP contribution < -0.4 is 5.73 Å². The van der Waals surface area contributed by atoms with Crippen LogP contribution in [0.3, 0.4) is 0 Å². The van der Waals surface area contributed by atoms with Crippen molar-refractivity contribution in [2.45, 2.75) is 32.2 Å². The summed E-state index contributed by atoms with van der Waals surface area (Å²) in [5.74, 6) is 0.396. The van der Waals surface area contributed by atoms with Crippen LogP contribution in [0.4, 0.5) is 0 Å². The zero-order valence-corrected chi connectivity index (χ0v) is 7.95. The van der Waals surface area contributed by atoms with Crippen molar-refractivity contribution >= 4 is 0 Å². The molecular weight excluding hydrogens is 164 g/mol. The molecule has 0 saturated heterocycles. The Kier molecular flexibility index (Phi) is 3.10. The molecule has 3 nitrogen and oxygen atoms in total. The van der Waals surface area contributed by atoms with Crippen molar-refractivity contribution in [3.8, 4) is 6.07 Å². The second-order valence-corrected chi connectivity index (χ2v) is 3.20. The van der Waals surface area contributed by atoms with Gasteiger partial charge in [-0.2, -0.15) is 5.26 Å². The molecule has 0 aliphatic carbocycles. The summed E-state index contributed by atoms with van der Waals surface area (Å²) < 4.78 is 5.06. The maximum absolute atomic E-state index is 8.67. The molecule has 70 valence electrons. The maximum atomic E-state index is 8.67. The molecule has 0 saturated carbocycles. The van der Waals surface area contributed by atoms with Crippen molar-refractivity contribution in [3.63, 3.8) is 0 Å². The summed E-state index contributed by atoms with van der Waals surface area (Å²) in [6, 6.07) is 1.44. The number of furan rings is 1. The highest BCUT2D eigenvalue weighted by Crippen LogP contribution is 2.26. The first-order valence-electron chi connectivity index (χ1n) is 4.41. The number of hydrogen-bond donors (Lipinski definition) is 1. The van der Waals surface area contributed by atoms with E-state index in [4.69, 9.17) is 15.4 Å². The molecule has 0 aliphatic heterocycles. The molecule has 1 rings (SSSR count). The van der Waals surface area contributed by atoms with Gasteiger partial charge in [0.25, 0.3) is 0 Å². The lowest BCUT2D eigenvalue weighted by molar-refractivity contribution is 0.556. The average molecular weight is 178 g/mol. The monoisotopic (exact) mass is 178 g/mol. The number of rotatable bonds is 3. The number of hydrogen-bond acceptors (Lipinski definition) is 3. The lowest BCUT2D eigenvalue weighted by Crippen LogP contribution is -2.09. The molecule has 1 aromatic rings. The highest BCUT2D eigenvalue weighted by atomic mass is 16.3. The lowest BCUT2D eigenvalue weighted by Gasteiger charge is -2.09. The minimum atomic E-state index is -0.567. The van der Waals surface area contributed by atoms with Crippen molar-refractivity contribution in [1.29, 1.82) is 5.26 Å². The second kappa shape index (κ2) is 4.11. The molecule has 1 aromatic heterocycles. The number of nitriles is 1. The Labute approximate surface area is 78.1 Å². The minimum Gasteiger partial charge on any atom is -0.472 e. The van der Waals surface area contributed by atoms with Crippen LogP contribution in [0, 0.1) is 11.3 Å². The van der Waals surface area contributed by atoms with Crippen molar-refractivity contribution in [3.05, 3.63) is 23.7 Å². The molecule has 3 heteroatoms. The fourth-order valence-corrected chi connectivity index (χ4v) is 1.26. The fourth-order valence-electron chi connectivity index (χ4n) is 1.26. The number of nitrogens with two attached hydrogens (primary N) is 1. The first-order chi connectivity index (χ1) is 6.20. The molecule has 2 atom stereocenters. The van der Waals surface area contributed by atoms with Crippen LogP contribution in [0.2, 0.25) is 0 Å². The smallest absolute Gasteiger partial charge is 0.122 e. The Bertz CT molecular complexity index is 311. The van der Waals surface area contributed by atoms with Crippen LogP contribution in [0.1, 0.15) is 43.4 Å². The van der Waals surface area contributed by atoms with Gasteiger partial charge in [0.1, 0.15) is 6.04 Å². The summed E-state index contributed by atoms with van der Waals surface area (Å²) in [4.78, 5) is 0. The van der Waals surface area contributed by atoms with Crippen LogP contribution in [-0.4, -0.2) is 0 Å². The van der Waals surface area contributed by atoms with E-state index in [-0.39, 0.29) is 0 Å². The molecule has 2 N–H and O–H groups in total. The van der Waals surface area contributed by atoms with Gasteiger partial charge in [-0.15, -0.1) is 0 Å². The van der Waals surface area contributed by atoms with E-state index < -0.39 is 6.04 Å². The third-order valence-electron chi connectivity index (χ3n) is 2.34. The lowest BCUT2D eigenvalue weighted by atomic mass is 9.95. The number of nitrogens with zero attached hydrogens (tertiary/aromatic N) is 1. The normalized spacial score (nSPS) is 14.9. The van der Waals surface area contributed by atoms with Gasteiger partial charge in [-0.05, 0) is 17.9 Å². The van der Waals surface area contributed by atoms with Crippen LogP contribution >= 0.6 is 0 Å². The SMILES string of the molecule is CCC(C)c1cocc1C(N)C#N. The summed E-state index contributed by atoms with van der Waals surface area (Å²) in [5, 5.41) is 8.67. The van der Waals surface area contributed by atoms with Crippen LogP contribution in [0.5, 0.6) is 0 Å². The predicted octanol–water partition coefficient (Wildman–Crippen LogP) is 2.32. The quantitative estimate of drug-likeness (QED) is 0.772. The van der Waals surface area contributed by atoms with Crippen LogP contribution in [0.25, 0.3) is 0 Å². The molecule has 0 amide bonds. The van der Waals surface area contributed by atoms with E-state index in [1.54, 1.807) is 12.5 Å². The standard InChI is InChI=1S/C10H14N2O/c1-3-7(2)8-5-13-6-9(8)10(12)4-11/h5-7,10H,3,12H2,1-2H3. The van der Waals surface area contributed by atoms with Crippen molar-refractivity contribution < 1.29 is 4.42 Å². The Hall–Kier alpha value is -1.27. The molecular formula is C10H14N2O. The van der Waals surface area contributed by atoms with Gasteiger partial charge in [-0.3, -0.25) is 0 Å². The van der Waals surface area contributed by atoms with Gasteiger partial charge in [-0.25, -0.2) is 0 Å². The molecule has 13 heavy (non-hydrogen) atoms. The second-order valence-electron chi connectivity index (χ2n) is 3.20. The Balaban J connectivity index is 2.97. The molecule has 0 aromatic carbocycles. The molecule has 0 spiro atoms. The van der Waals surface area contributed by atoms with E-state index in [1.165, 1.54) is 0 Å². The van der Waals surface area contributed by atoms with Crippen LogP contribution in [0.15, 0.2) is 16.9 Å². The predicted molar refractivity (Wildman–Crippen MR) is 50.0 cm³/mol. The Morgan fingerprint density at radius 2 is 2.15 bits per heavy atom. The van der Waals surface area contributed by atoms with E-state index in [2.05, 4.69) is 13.8 Å². The van der Waals surface area contributed by atoms with Gasteiger partial charge in [-0.1, -0.05) is 13.8 Å². The van der Waals surface area contributed by atoms with Gasteiger partial charge in [0.15, 0.2) is 0 Å². The highest BCUT2D eigenvalue weighted by molar-refractivity contribution is 5.30. The van der Waals surface area contributed by atoms with E-state index in [1.807, 2.05) is 6.07 Å². The zero-order valence-electron chi connectivity index (χ0n) is 7.95. The average Bonchev–Trinajstić information content (AvgIpc) is 2.63. The summed E-state index contributed by atoms with van der Waals surface area (Å²) in [7, 11) is 0. The molecule has 0 aliphatic rings. The molecule has 2 unspecified atom stereocenters. The van der Waals surface area contributed by atoms with Crippen molar-refractivity contribution in [2.75, 3.05) is 0 Å². The van der Waals surface area contributed by atoms with Gasteiger partial charge >= 0.3 is 0 Å². The zero-order chi connectivity index (χ0) is 9.84.